The number of H-pyrrole nitrogens is 1. The van der Waals surface area contributed by atoms with Crippen molar-refractivity contribution in [1.82, 2.24) is 10.1 Å². The molecule has 0 spiro atoms. The summed E-state index contributed by atoms with van der Waals surface area (Å²) in [4.78, 5) is 42.1. The number of nitrogens with zero attached hydrogens (tertiary/aromatic N) is 3. The van der Waals surface area contributed by atoms with Crippen molar-refractivity contribution in [3.05, 3.63) is 70.0 Å². The summed E-state index contributed by atoms with van der Waals surface area (Å²) in [5.74, 6) is 0.0842. The van der Waals surface area contributed by atoms with Crippen LogP contribution in [0.5, 0.6) is 0 Å². The molecule has 0 fully saturated rings. The van der Waals surface area contributed by atoms with Crippen molar-refractivity contribution in [2.24, 2.45) is 0 Å². The molecule has 1 amide bonds. The summed E-state index contributed by atoms with van der Waals surface area (Å²) in [7, 11) is 1.32. The Kier molecular flexibility index (Phi) is 5.60. The van der Waals surface area contributed by atoms with Crippen LogP contribution in [-0.2, 0) is 9.53 Å². The first-order chi connectivity index (χ1) is 15.0. The summed E-state index contributed by atoms with van der Waals surface area (Å²) >= 11 is 1.41. The molecule has 4 rings (SSSR count). The van der Waals surface area contributed by atoms with Crippen molar-refractivity contribution >= 4 is 29.3 Å². The number of aromatic nitrogens is 3. The first-order valence-electron chi connectivity index (χ1n) is 9.72. The molecule has 0 saturated carbocycles. The molecular weight excluding hydrogens is 416 g/mol. The second-order valence-electron chi connectivity index (χ2n) is 6.88. The van der Waals surface area contributed by atoms with Crippen LogP contribution < -0.4 is 15.1 Å². The van der Waals surface area contributed by atoms with Crippen LogP contribution in [-0.4, -0.2) is 34.8 Å². The third-order valence-electron chi connectivity index (χ3n) is 5.01. The van der Waals surface area contributed by atoms with Crippen LogP contribution in [0, 0.1) is 0 Å². The van der Waals surface area contributed by atoms with Gasteiger partial charge in [0.05, 0.1) is 23.9 Å². The number of para-hydroxylation sites is 1. The fourth-order valence-corrected chi connectivity index (χ4v) is 4.31. The fraction of sp³-hybridized carbons (Fsp3) is 0.227. The van der Waals surface area contributed by atoms with E-state index in [1.54, 1.807) is 39.9 Å². The zero-order chi connectivity index (χ0) is 22.1. The predicted octanol–water partition coefficient (Wildman–Crippen LogP) is 2.54. The summed E-state index contributed by atoms with van der Waals surface area (Å²) < 4.78 is 6.36. The van der Waals surface area contributed by atoms with Gasteiger partial charge in [-0.3, -0.25) is 14.6 Å². The number of fused-ring (bicyclic) bond motifs is 3. The number of hydrogen-bond acceptors (Lipinski definition) is 6. The monoisotopic (exact) mass is 437 g/mol. The van der Waals surface area contributed by atoms with Gasteiger partial charge in [0.2, 0.25) is 11.1 Å². The highest BCUT2D eigenvalue weighted by molar-refractivity contribution is 7.99. The van der Waals surface area contributed by atoms with Crippen molar-refractivity contribution in [3.63, 3.8) is 0 Å². The lowest BCUT2D eigenvalue weighted by Gasteiger charge is -2.31. The molecule has 1 aliphatic rings. The van der Waals surface area contributed by atoms with E-state index in [9.17, 15) is 14.4 Å². The van der Waals surface area contributed by atoms with Gasteiger partial charge in [-0.2, -0.15) is 0 Å². The number of ether oxygens (including phenoxy) is 1. The first kappa shape index (κ1) is 20.8. The minimum absolute atomic E-state index is 0.195. The van der Waals surface area contributed by atoms with Crippen LogP contribution in [0.2, 0.25) is 0 Å². The Balaban J connectivity index is 1.98. The molecule has 1 aromatic heterocycles. The Morgan fingerprint density at radius 2 is 1.90 bits per heavy atom. The molecule has 0 bridgehead atoms. The third-order valence-corrected chi connectivity index (χ3v) is 5.75. The lowest BCUT2D eigenvalue weighted by Crippen LogP contribution is -2.60. The van der Waals surface area contributed by atoms with Gasteiger partial charge in [0.1, 0.15) is 0 Å². The third kappa shape index (κ3) is 3.61. The smallest absolute Gasteiger partial charge is 0.337 e. The summed E-state index contributed by atoms with van der Waals surface area (Å²) in [5.41, 5.74) is 2.44. The van der Waals surface area contributed by atoms with E-state index in [0.717, 1.165) is 5.75 Å². The normalized spacial score (nSPS) is 14.5. The van der Waals surface area contributed by atoms with E-state index in [-0.39, 0.29) is 11.5 Å². The lowest BCUT2D eigenvalue weighted by molar-refractivity contribution is -0.763. The number of benzene rings is 2. The molecule has 31 heavy (non-hydrogen) atoms. The SMILES string of the molecule is CCSc1n[n+]2c(c(=O)[nH]1)-c1ccccc1N(C(C)=O)C2c1ccc(C(=O)OC)cc1. The van der Waals surface area contributed by atoms with Crippen molar-refractivity contribution in [3.8, 4) is 11.3 Å². The second-order valence-corrected chi connectivity index (χ2v) is 8.13. The number of methoxy groups -OCH3 is 1. The maximum absolute atomic E-state index is 13.1. The van der Waals surface area contributed by atoms with Crippen molar-refractivity contribution in [1.29, 1.82) is 0 Å². The van der Waals surface area contributed by atoms with E-state index in [1.165, 1.54) is 25.8 Å². The quantitative estimate of drug-likeness (QED) is 0.383. The molecule has 1 N–H and O–H groups in total. The lowest BCUT2D eigenvalue weighted by atomic mass is 10.0. The number of rotatable bonds is 4. The Hall–Kier alpha value is -3.46. The largest absolute Gasteiger partial charge is 0.465 e. The summed E-state index contributed by atoms with van der Waals surface area (Å²) in [5, 5.41) is 5.13. The number of nitrogens with one attached hydrogen (secondary N) is 1. The van der Waals surface area contributed by atoms with Gasteiger partial charge in [0, 0.05) is 17.6 Å². The highest BCUT2D eigenvalue weighted by Crippen LogP contribution is 2.37. The molecule has 158 valence electrons. The van der Waals surface area contributed by atoms with Gasteiger partial charge < -0.3 is 4.74 Å². The van der Waals surface area contributed by atoms with Crippen LogP contribution in [0.4, 0.5) is 5.69 Å². The fourth-order valence-electron chi connectivity index (χ4n) is 3.72. The number of thioether (sulfide) groups is 1. The average molecular weight is 438 g/mol. The van der Waals surface area contributed by atoms with Crippen LogP contribution in [0.3, 0.4) is 0 Å². The molecule has 0 radical (unpaired) electrons. The predicted molar refractivity (Wildman–Crippen MR) is 116 cm³/mol. The van der Waals surface area contributed by atoms with Gasteiger partial charge in [-0.25, -0.2) is 9.69 Å². The van der Waals surface area contributed by atoms with E-state index < -0.39 is 12.1 Å². The number of amides is 1. The average Bonchev–Trinajstić information content (AvgIpc) is 2.77. The van der Waals surface area contributed by atoms with Crippen molar-refractivity contribution < 1.29 is 19.0 Å². The molecule has 1 unspecified atom stereocenters. The number of carbonyl (C=O) groups excluding carboxylic acids is 2. The molecule has 2 aromatic carbocycles. The van der Waals surface area contributed by atoms with Crippen LogP contribution in [0.25, 0.3) is 11.3 Å². The maximum Gasteiger partial charge on any atom is 0.337 e. The summed E-state index contributed by atoms with van der Waals surface area (Å²) in [6, 6.07) is 14.0. The molecule has 1 atom stereocenters. The van der Waals surface area contributed by atoms with E-state index in [2.05, 4.69) is 10.1 Å². The van der Waals surface area contributed by atoms with Gasteiger partial charge in [0.15, 0.2) is 0 Å². The van der Waals surface area contributed by atoms with Crippen molar-refractivity contribution in [2.45, 2.75) is 25.2 Å². The highest BCUT2D eigenvalue weighted by Gasteiger charge is 2.44. The van der Waals surface area contributed by atoms with E-state index >= 15 is 0 Å². The standard InChI is InChI=1S/C22H20N4O4S/c1-4-31-22-23-19(28)18-16-7-5-6-8-17(16)25(13(2)27)20(26(18)24-22)14-9-11-15(12-10-14)21(29)30-3/h5-12,20H,4H2,1-3H3/p+1. The van der Waals surface area contributed by atoms with Gasteiger partial charge in [-0.1, -0.05) is 30.8 Å². The molecule has 1 aliphatic heterocycles. The van der Waals surface area contributed by atoms with Crippen molar-refractivity contribution in [2.75, 3.05) is 17.8 Å². The number of hydrogen-bond donors (Lipinski definition) is 1. The Morgan fingerprint density at radius 1 is 1.19 bits per heavy atom. The Morgan fingerprint density at radius 3 is 2.55 bits per heavy atom. The van der Waals surface area contributed by atoms with Gasteiger partial charge >= 0.3 is 17.2 Å². The Bertz CT molecular complexity index is 1220. The van der Waals surface area contributed by atoms with Crippen LogP contribution >= 0.6 is 11.8 Å². The molecule has 9 heteroatoms. The topological polar surface area (TPSA) is 96.2 Å². The van der Waals surface area contributed by atoms with E-state index in [1.807, 2.05) is 25.1 Å². The summed E-state index contributed by atoms with van der Waals surface area (Å²) in [6.07, 6.45) is -0.687. The molecule has 2 heterocycles. The second kappa shape index (κ2) is 8.35. The van der Waals surface area contributed by atoms with Crippen LogP contribution in [0.1, 0.15) is 35.9 Å². The molecule has 0 saturated heterocycles. The number of carbonyl (C=O) groups is 2. The van der Waals surface area contributed by atoms with Gasteiger partial charge in [-0.15, -0.1) is 0 Å². The Labute approximate surface area is 182 Å². The van der Waals surface area contributed by atoms with E-state index in [0.29, 0.717) is 33.2 Å². The molecular formula is C22H21N4O4S+. The zero-order valence-electron chi connectivity index (χ0n) is 17.3. The molecule has 0 aliphatic carbocycles. The first-order valence-corrected chi connectivity index (χ1v) is 10.7. The molecule has 3 aromatic rings. The minimum Gasteiger partial charge on any atom is -0.465 e. The minimum atomic E-state index is -0.687. The number of esters is 1. The molecule has 8 nitrogen and oxygen atoms in total. The van der Waals surface area contributed by atoms with Crippen LogP contribution in [0.15, 0.2) is 58.5 Å². The van der Waals surface area contributed by atoms with Gasteiger partial charge in [0.25, 0.3) is 6.17 Å². The highest BCUT2D eigenvalue weighted by atomic mass is 32.2. The summed E-state index contributed by atoms with van der Waals surface area (Å²) in [6.45, 7) is 3.45. The maximum atomic E-state index is 13.1. The van der Waals surface area contributed by atoms with E-state index in [4.69, 9.17) is 4.74 Å². The number of aromatic amines is 1. The van der Waals surface area contributed by atoms with Gasteiger partial charge in [-0.05, 0) is 46.8 Å². The zero-order valence-corrected chi connectivity index (χ0v) is 18.1. The number of anilines is 1.